The van der Waals surface area contributed by atoms with Crippen LogP contribution in [-0.2, 0) is 0 Å². The van der Waals surface area contributed by atoms with Crippen LogP contribution in [0.15, 0.2) is 16.7 Å². The summed E-state index contributed by atoms with van der Waals surface area (Å²) in [7, 11) is 0. The van der Waals surface area contributed by atoms with Gasteiger partial charge in [-0.2, -0.15) is 0 Å². The van der Waals surface area contributed by atoms with Crippen molar-refractivity contribution in [1.29, 1.82) is 0 Å². The summed E-state index contributed by atoms with van der Waals surface area (Å²) in [5.41, 5.74) is 4.99. The summed E-state index contributed by atoms with van der Waals surface area (Å²) < 4.78 is 0. The Bertz CT molecular complexity index is 332. The van der Waals surface area contributed by atoms with E-state index in [0.29, 0.717) is 0 Å². The Morgan fingerprint density at radius 3 is 2.41 bits per heavy atom. The first-order chi connectivity index (χ1) is 8.17. The third-order valence-corrected chi connectivity index (χ3v) is 4.68. The van der Waals surface area contributed by atoms with Crippen molar-refractivity contribution in [2.45, 2.75) is 66.2 Å². The molecular weight excluding hydrogens is 204 g/mol. The molecule has 0 heteroatoms. The maximum Gasteiger partial charge on any atom is 0.00223 e. The summed E-state index contributed by atoms with van der Waals surface area (Å²) in [6.45, 7) is 9.44. The first-order valence-corrected chi connectivity index (χ1v) is 7.52. The molecule has 2 aliphatic carbocycles. The van der Waals surface area contributed by atoms with Gasteiger partial charge in [0.25, 0.3) is 0 Å². The third-order valence-electron chi connectivity index (χ3n) is 4.68. The second-order valence-electron chi connectivity index (χ2n) is 6.11. The van der Waals surface area contributed by atoms with Crippen LogP contribution in [0, 0.1) is 23.8 Å². The summed E-state index contributed by atoms with van der Waals surface area (Å²) in [4.78, 5) is 0. The van der Waals surface area contributed by atoms with Crippen molar-refractivity contribution in [3.8, 4) is 0 Å². The molecule has 0 aromatic heterocycles. The van der Waals surface area contributed by atoms with E-state index < -0.39 is 0 Å². The molecule has 2 rings (SSSR count). The van der Waals surface area contributed by atoms with E-state index in [4.69, 9.17) is 0 Å². The predicted molar refractivity (Wildman–Crippen MR) is 74.7 cm³/mol. The normalized spacial score (nSPS) is 32.7. The van der Waals surface area contributed by atoms with Crippen LogP contribution in [-0.4, -0.2) is 0 Å². The molecule has 17 heavy (non-hydrogen) atoms. The zero-order valence-electron chi connectivity index (χ0n) is 12.0. The predicted octanol–water partition coefficient (Wildman–Crippen LogP) is 5.31. The lowest BCUT2D eigenvalue weighted by Crippen LogP contribution is -2.18. The van der Waals surface area contributed by atoms with E-state index >= 15 is 0 Å². The highest BCUT2D eigenvalue weighted by Gasteiger charge is 2.33. The summed E-state index contributed by atoms with van der Waals surface area (Å²) >= 11 is 0. The van der Waals surface area contributed by atoms with Crippen molar-refractivity contribution in [2.75, 3.05) is 0 Å². The van der Waals surface area contributed by atoms with Crippen LogP contribution in [0.2, 0.25) is 0 Å². The van der Waals surface area contributed by atoms with Crippen molar-refractivity contribution < 1.29 is 0 Å². The Hall–Kier alpha value is -0.520. The zero-order chi connectivity index (χ0) is 12.4. The molecule has 0 aromatic carbocycles. The topological polar surface area (TPSA) is 0 Å². The quantitative estimate of drug-likeness (QED) is 0.615. The van der Waals surface area contributed by atoms with Gasteiger partial charge in [0.2, 0.25) is 0 Å². The Kier molecular flexibility index (Phi) is 4.12. The first-order valence-electron chi connectivity index (χ1n) is 7.52. The average molecular weight is 231 g/mol. The minimum atomic E-state index is 0.768. The van der Waals surface area contributed by atoms with E-state index in [-0.39, 0.29) is 0 Å². The lowest BCUT2D eigenvalue weighted by molar-refractivity contribution is 0.350. The molecule has 3 unspecified atom stereocenters. The van der Waals surface area contributed by atoms with Gasteiger partial charge >= 0.3 is 0 Å². The maximum absolute atomic E-state index is 3.78. The SMILES string of the molecule is CCCC1=[C]C2=C(CC(C)C(C)C2)C1CCC. The third kappa shape index (κ3) is 2.51. The Morgan fingerprint density at radius 2 is 1.76 bits per heavy atom. The summed E-state index contributed by atoms with van der Waals surface area (Å²) in [5, 5.41) is 0. The number of allylic oxidation sites excluding steroid dienone is 4. The van der Waals surface area contributed by atoms with E-state index in [0.717, 1.165) is 17.8 Å². The molecule has 0 fully saturated rings. The number of hydrogen-bond acceptors (Lipinski definition) is 0. The zero-order valence-corrected chi connectivity index (χ0v) is 12.0. The molecule has 0 heterocycles. The highest BCUT2D eigenvalue weighted by Crippen LogP contribution is 2.46. The minimum Gasteiger partial charge on any atom is -0.0653 e. The fraction of sp³-hybridized carbons (Fsp3) is 0.765. The molecule has 0 bridgehead atoms. The van der Waals surface area contributed by atoms with Crippen molar-refractivity contribution >= 4 is 0 Å². The van der Waals surface area contributed by atoms with Gasteiger partial charge in [-0.1, -0.05) is 51.7 Å². The Morgan fingerprint density at radius 1 is 1.06 bits per heavy atom. The highest BCUT2D eigenvalue weighted by molar-refractivity contribution is 5.40. The second-order valence-corrected chi connectivity index (χ2v) is 6.11. The molecule has 1 radical (unpaired) electrons. The average Bonchev–Trinajstić information content (AvgIpc) is 2.59. The van der Waals surface area contributed by atoms with Crippen LogP contribution in [0.3, 0.4) is 0 Å². The summed E-state index contributed by atoms with van der Waals surface area (Å²) in [6.07, 6.45) is 11.6. The van der Waals surface area contributed by atoms with Gasteiger partial charge in [0, 0.05) is 5.92 Å². The number of rotatable bonds is 4. The fourth-order valence-electron chi connectivity index (χ4n) is 3.44. The lowest BCUT2D eigenvalue weighted by Gasteiger charge is -2.30. The van der Waals surface area contributed by atoms with Crippen molar-refractivity contribution in [2.24, 2.45) is 17.8 Å². The Labute approximate surface area is 107 Å². The van der Waals surface area contributed by atoms with Gasteiger partial charge in [-0.15, -0.1) is 0 Å². The summed E-state index contributed by atoms with van der Waals surface area (Å²) in [5.74, 6) is 2.49. The molecule has 0 saturated carbocycles. The smallest absolute Gasteiger partial charge is 0.00223 e. The largest absolute Gasteiger partial charge is 0.0653 e. The van der Waals surface area contributed by atoms with Crippen molar-refractivity contribution in [1.82, 2.24) is 0 Å². The van der Waals surface area contributed by atoms with Gasteiger partial charge in [0.15, 0.2) is 0 Å². The van der Waals surface area contributed by atoms with Crippen molar-refractivity contribution in [3.63, 3.8) is 0 Å². The number of hydrogen-bond donors (Lipinski definition) is 0. The van der Waals surface area contributed by atoms with Crippen molar-refractivity contribution in [3.05, 3.63) is 22.8 Å². The van der Waals surface area contributed by atoms with Crippen LogP contribution < -0.4 is 0 Å². The molecule has 0 N–H and O–H groups in total. The monoisotopic (exact) mass is 231 g/mol. The lowest BCUT2D eigenvalue weighted by atomic mass is 9.75. The van der Waals surface area contributed by atoms with Crippen LogP contribution in [0.1, 0.15) is 66.2 Å². The van der Waals surface area contributed by atoms with Gasteiger partial charge < -0.3 is 0 Å². The molecule has 2 aliphatic rings. The molecule has 0 saturated heterocycles. The second kappa shape index (κ2) is 5.42. The van der Waals surface area contributed by atoms with Crippen LogP contribution in [0.5, 0.6) is 0 Å². The molecule has 0 spiro atoms. The molecule has 0 aliphatic heterocycles. The van der Waals surface area contributed by atoms with Crippen LogP contribution in [0.25, 0.3) is 0 Å². The van der Waals surface area contributed by atoms with Gasteiger partial charge in [-0.3, -0.25) is 0 Å². The van der Waals surface area contributed by atoms with E-state index in [1.165, 1.54) is 38.5 Å². The van der Waals surface area contributed by atoms with E-state index in [9.17, 15) is 0 Å². The molecule has 0 nitrogen and oxygen atoms in total. The molecule has 0 amide bonds. The fourth-order valence-corrected chi connectivity index (χ4v) is 3.44. The van der Waals surface area contributed by atoms with Crippen LogP contribution >= 0.6 is 0 Å². The van der Waals surface area contributed by atoms with E-state index in [2.05, 4.69) is 33.8 Å². The minimum absolute atomic E-state index is 0.768. The van der Waals surface area contributed by atoms with Gasteiger partial charge in [-0.25, -0.2) is 0 Å². The molecule has 95 valence electrons. The van der Waals surface area contributed by atoms with Gasteiger partial charge in [0.05, 0.1) is 0 Å². The summed E-state index contributed by atoms with van der Waals surface area (Å²) in [6, 6.07) is 0. The van der Waals surface area contributed by atoms with Crippen LogP contribution in [0.4, 0.5) is 0 Å². The maximum atomic E-state index is 3.78. The standard InChI is InChI=1S/C17H27/c1-5-7-14-11-15-9-12(3)13(4)10-17(15)16(14)8-6-2/h12-13,16H,5-10H2,1-4H3. The van der Waals surface area contributed by atoms with E-state index in [1.54, 1.807) is 16.7 Å². The molecule has 0 aromatic rings. The Balaban J connectivity index is 2.19. The molecule has 3 atom stereocenters. The highest BCUT2D eigenvalue weighted by atomic mass is 14.4. The molecular formula is C17H27. The first kappa shape index (κ1) is 12.9. The van der Waals surface area contributed by atoms with Gasteiger partial charge in [0.1, 0.15) is 0 Å². The van der Waals surface area contributed by atoms with Gasteiger partial charge in [-0.05, 0) is 49.2 Å². The van der Waals surface area contributed by atoms with E-state index in [1.807, 2.05) is 0 Å².